The first kappa shape index (κ1) is 19.1. The molecule has 1 aromatic heterocycles. The third-order valence-corrected chi connectivity index (χ3v) is 3.90. The normalized spacial score (nSPS) is 11.6. The largest absolute Gasteiger partial charge is 0.507 e. The van der Waals surface area contributed by atoms with Crippen LogP contribution in [0.5, 0.6) is 11.5 Å². The zero-order chi connectivity index (χ0) is 19.6. The SMILES string of the molecule is COCOc1ccc(-c2onc(C(F)(F)F)c2-c2ccc(Cl)cc2)c(O)c1. The highest BCUT2D eigenvalue weighted by Gasteiger charge is 2.40. The van der Waals surface area contributed by atoms with Crippen molar-refractivity contribution < 1.29 is 32.3 Å². The van der Waals surface area contributed by atoms with Gasteiger partial charge in [-0.25, -0.2) is 0 Å². The zero-order valence-corrected chi connectivity index (χ0v) is 14.6. The molecule has 0 bridgehead atoms. The number of alkyl halides is 3. The maximum absolute atomic E-state index is 13.4. The third-order valence-electron chi connectivity index (χ3n) is 3.65. The molecule has 0 amide bonds. The van der Waals surface area contributed by atoms with Gasteiger partial charge in [0.2, 0.25) is 0 Å². The fourth-order valence-electron chi connectivity index (χ4n) is 2.47. The Morgan fingerprint density at radius 2 is 1.85 bits per heavy atom. The van der Waals surface area contributed by atoms with E-state index in [4.69, 9.17) is 25.6 Å². The van der Waals surface area contributed by atoms with Gasteiger partial charge in [-0.2, -0.15) is 13.2 Å². The number of phenolic OH excluding ortho intramolecular Hbond substituents is 1. The summed E-state index contributed by atoms with van der Waals surface area (Å²) in [5, 5.41) is 13.8. The van der Waals surface area contributed by atoms with Crippen LogP contribution in [0.1, 0.15) is 5.69 Å². The lowest BCUT2D eigenvalue weighted by Crippen LogP contribution is -2.07. The Morgan fingerprint density at radius 1 is 1.15 bits per heavy atom. The molecule has 3 rings (SSSR count). The second kappa shape index (κ2) is 7.50. The molecule has 5 nitrogen and oxygen atoms in total. The summed E-state index contributed by atoms with van der Waals surface area (Å²) in [6.07, 6.45) is -4.74. The van der Waals surface area contributed by atoms with Gasteiger partial charge in [0.25, 0.3) is 0 Å². The van der Waals surface area contributed by atoms with Crippen LogP contribution in [0.25, 0.3) is 22.5 Å². The molecule has 142 valence electrons. The van der Waals surface area contributed by atoms with Crippen LogP contribution in [0.15, 0.2) is 47.0 Å². The van der Waals surface area contributed by atoms with Crippen LogP contribution in [0.3, 0.4) is 0 Å². The van der Waals surface area contributed by atoms with E-state index in [0.29, 0.717) is 5.02 Å². The minimum absolute atomic E-state index is 0.0349. The van der Waals surface area contributed by atoms with Crippen LogP contribution >= 0.6 is 11.6 Å². The van der Waals surface area contributed by atoms with Crippen molar-refractivity contribution in [2.75, 3.05) is 13.9 Å². The van der Waals surface area contributed by atoms with E-state index in [1.165, 1.54) is 49.6 Å². The monoisotopic (exact) mass is 399 g/mol. The number of halogens is 4. The van der Waals surface area contributed by atoms with Crippen LogP contribution < -0.4 is 4.74 Å². The lowest BCUT2D eigenvalue weighted by Gasteiger charge is -2.10. The number of methoxy groups -OCH3 is 1. The van der Waals surface area contributed by atoms with Crippen molar-refractivity contribution in [1.82, 2.24) is 5.16 Å². The predicted molar refractivity (Wildman–Crippen MR) is 91.6 cm³/mol. The molecule has 3 aromatic rings. The van der Waals surface area contributed by atoms with E-state index >= 15 is 0 Å². The number of aromatic hydroxyl groups is 1. The van der Waals surface area contributed by atoms with Gasteiger partial charge in [-0.15, -0.1) is 0 Å². The molecule has 1 heterocycles. The standard InChI is InChI=1S/C18H13ClF3NO4/c1-25-9-26-12-6-7-13(14(24)8-12)16-15(10-2-4-11(19)5-3-10)17(23-27-16)18(20,21)22/h2-8,24H,9H2,1H3. The summed E-state index contributed by atoms with van der Waals surface area (Å²) >= 11 is 5.82. The van der Waals surface area contributed by atoms with Gasteiger partial charge < -0.3 is 19.1 Å². The van der Waals surface area contributed by atoms with E-state index in [-0.39, 0.29) is 40.7 Å². The molecule has 27 heavy (non-hydrogen) atoms. The van der Waals surface area contributed by atoms with E-state index in [9.17, 15) is 18.3 Å². The maximum atomic E-state index is 13.4. The van der Waals surface area contributed by atoms with Gasteiger partial charge in [0, 0.05) is 18.2 Å². The Bertz CT molecular complexity index is 939. The number of ether oxygens (including phenoxy) is 2. The summed E-state index contributed by atoms with van der Waals surface area (Å²) in [7, 11) is 1.43. The number of hydrogen-bond acceptors (Lipinski definition) is 5. The summed E-state index contributed by atoms with van der Waals surface area (Å²) in [6, 6.07) is 9.83. The number of benzene rings is 2. The van der Waals surface area contributed by atoms with Crippen molar-refractivity contribution in [3.63, 3.8) is 0 Å². The smallest absolute Gasteiger partial charge is 0.437 e. The minimum Gasteiger partial charge on any atom is -0.507 e. The minimum atomic E-state index is -4.74. The highest BCUT2D eigenvalue weighted by atomic mass is 35.5. The summed E-state index contributed by atoms with van der Waals surface area (Å²) in [5.41, 5.74) is -1.26. The first-order chi connectivity index (χ1) is 12.8. The van der Waals surface area contributed by atoms with Crippen LogP contribution in [-0.2, 0) is 10.9 Å². The average Bonchev–Trinajstić information content (AvgIpc) is 3.06. The van der Waals surface area contributed by atoms with Gasteiger partial charge >= 0.3 is 6.18 Å². The molecule has 0 aliphatic rings. The van der Waals surface area contributed by atoms with E-state index in [2.05, 4.69) is 5.16 Å². The van der Waals surface area contributed by atoms with Gasteiger partial charge in [0.1, 0.15) is 11.5 Å². The fraction of sp³-hybridized carbons (Fsp3) is 0.167. The summed E-state index contributed by atoms with van der Waals surface area (Å²) in [5.74, 6) is -0.272. The Hall–Kier alpha value is -2.71. The molecule has 0 saturated heterocycles. The lowest BCUT2D eigenvalue weighted by molar-refractivity contribution is -0.142. The van der Waals surface area contributed by atoms with Gasteiger partial charge in [0.05, 0.1) is 11.1 Å². The lowest BCUT2D eigenvalue weighted by atomic mass is 9.98. The molecule has 0 fully saturated rings. The number of rotatable bonds is 5. The van der Waals surface area contributed by atoms with Crippen molar-refractivity contribution in [3.05, 3.63) is 53.2 Å². The zero-order valence-electron chi connectivity index (χ0n) is 13.9. The Balaban J connectivity index is 2.14. The molecular weight excluding hydrogens is 387 g/mol. The molecule has 1 N–H and O–H groups in total. The predicted octanol–water partition coefficient (Wildman–Crippen LogP) is 5.37. The Kier molecular flexibility index (Phi) is 5.29. The van der Waals surface area contributed by atoms with Crippen molar-refractivity contribution in [3.8, 4) is 33.9 Å². The molecule has 0 atom stereocenters. The van der Waals surface area contributed by atoms with Gasteiger partial charge in [-0.3, -0.25) is 0 Å². The van der Waals surface area contributed by atoms with Gasteiger partial charge in [0.15, 0.2) is 18.2 Å². The van der Waals surface area contributed by atoms with E-state index in [1.807, 2.05) is 0 Å². The van der Waals surface area contributed by atoms with Crippen LogP contribution in [0.2, 0.25) is 5.02 Å². The number of aromatic nitrogens is 1. The number of phenols is 1. The van der Waals surface area contributed by atoms with Gasteiger partial charge in [-0.1, -0.05) is 28.9 Å². The number of nitrogens with zero attached hydrogens (tertiary/aromatic N) is 1. The first-order valence-electron chi connectivity index (χ1n) is 7.59. The molecule has 0 spiro atoms. The van der Waals surface area contributed by atoms with Crippen LogP contribution in [-0.4, -0.2) is 24.2 Å². The fourth-order valence-corrected chi connectivity index (χ4v) is 2.60. The second-order valence-electron chi connectivity index (χ2n) is 5.47. The average molecular weight is 400 g/mol. The summed E-state index contributed by atoms with van der Waals surface area (Å²) in [4.78, 5) is 0. The van der Waals surface area contributed by atoms with Crippen molar-refractivity contribution >= 4 is 11.6 Å². The van der Waals surface area contributed by atoms with E-state index in [0.717, 1.165) is 0 Å². The van der Waals surface area contributed by atoms with Crippen molar-refractivity contribution in [2.24, 2.45) is 0 Å². The molecule has 0 saturated carbocycles. The molecule has 0 aliphatic heterocycles. The first-order valence-corrected chi connectivity index (χ1v) is 7.97. The molecule has 9 heteroatoms. The molecule has 0 unspecified atom stereocenters. The summed E-state index contributed by atoms with van der Waals surface area (Å²) < 4.78 is 55.1. The molecule has 0 aliphatic carbocycles. The van der Waals surface area contributed by atoms with Crippen molar-refractivity contribution in [2.45, 2.75) is 6.18 Å². The van der Waals surface area contributed by atoms with Crippen molar-refractivity contribution in [1.29, 1.82) is 0 Å². The highest BCUT2D eigenvalue weighted by molar-refractivity contribution is 6.30. The van der Waals surface area contributed by atoms with Crippen LogP contribution in [0, 0.1) is 0 Å². The van der Waals surface area contributed by atoms with E-state index < -0.39 is 11.9 Å². The molecule has 0 radical (unpaired) electrons. The quantitative estimate of drug-likeness (QED) is 0.584. The maximum Gasteiger partial charge on any atom is 0.437 e. The molecule has 2 aromatic carbocycles. The topological polar surface area (TPSA) is 64.7 Å². The second-order valence-corrected chi connectivity index (χ2v) is 5.91. The third kappa shape index (κ3) is 4.01. The van der Waals surface area contributed by atoms with Gasteiger partial charge in [-0.05, 0) is 29.8 Å². The Morgan fingerprint density at radius 3 is 2.44 bits per heavy atom. The Labute approximate surface area is 156 Å². The highest BCUT2D eigenvalue weighted by Crippen LogP contribution is 2.45. The molecular formula is C18H13ClF3NO4. The van der Waals surface area contributed by atoms with Crippen LogP contribution in [0.4, 0.5) is 13.2 Å². The van der Waals surface area contributed by atoms with E-state index in [1.54, 1.807) is 0 Å². The summed E-state index contributed by atoms with van der Waals surface area (Å²) in [6.45, 7) is -0.0463. The number of hydrogen-bond donors (Lipinski definition) is 1.